The number of halogens is 4. The number of benzene rings is 2. The van der Waals surface area contributed by atoms with E-state index in [1.54, 1.807) is 6.07 Å². The number of hydrogen-bond acceptors (Lipinski definition) is 2. The first-order valence-electron chi connectivity index (χ1n) is 11.4. The second kappa shape index (κ2) is 9.53. The number of nitrogens with zero attached hydrogens (tertiary/aromatic N) is 3. The van der Waals surface area contributed by atoms with Crippen LogP contribution in [0.5, 0.6) is 0 Å². The monoisotopic (exact) mass is 461 g/mol. The van der Waals surface area contributed by atoms with Gasteiger partial charge in [0, 0.05) is 18.7 Å². The topological polar surface area (TPSA) is 38.1 Å². The normalized spacial score (nSPS) is 14.5. The maximum absolute atomic E-state index is 14.4. The van der Waals surface area contributed by atoms with Crippen molar-refractivity contribution < 1.29 is 22.4 Å². The number of imidazole rings is 1. The fourth-order valence-corrected chi connectivity index (χ4v) is 4.52. The summed E-state index contributed by atoms with van der Waals surface area (Å²) in [6, 6.07) is 5.96. The Balaban J connectivity index is 1.76. The molecule has 1 aromatic heterocycles. The fraction of sp³-hybridized carbons (Fsp3) is 0.440. The summed E-state index contributed by atoms with van der Waals surface area (Å²) >= 11 is 0. The molecule has 0 N–H and O–H groups in total. The van der Waals surface area contributed by atoms with Gasteiger partial charge >= 0.3 is 0 Å². The Morgan fingerprint density at radius 2 is 1.79 bits per heavy atom. The first kappa shape index (κ1) is 23.3. The van der Waals surface area contributed by atoms with Crippen molar-refractivity contribution in [2.75, 3.05) is 6.54 Å². The molecule has 0 atom stereocenters. The van der Waals surface area contributed by atoms with Crippen molar-refractivity contribution in [3.8, 4) is 0 Å². The standard InChI is InChI=1S/C25H27F4N3O/c1-15(2)11-12-31(25(33)23-18(27)8-9-19(28)24(23)29)14-22-30-20-13-16(26)7-10-21(20)32(22)17-5-3-4-6-17/h7-10,13,15,17H,3-6,11-12,14H2,1-2H3. The molecule has 1 fully saturated rings. The second-order valence-electron chi connectivity index (χ2n) is 9.10. The van der Waals surface area contributed by atoms with E-state index in [9.17, 15) is 22.4 Å². The van der Waals surface area contributed by atoms with Crippen molar-refractivity contribution in [1.82, 2.24) is 14.5 Å². The summed E-state index contributed by atoms with van der Waals surface area (Å²) < 4.78 is 58.5. The van der Waals surface area contributed by atoms with Gasteiger partial charge < -0.3 is 9.47 Å². The van der Waals surface area contributed by atoms with E-state index >= 15 is 0 Å². The molecule has 2 aromatic carbocycles. The average Bonchev–Trinajstić information content (AvgIpc) is 3.40. The third-order valence-electron chi connectivity index (χ3n) is 6.27. The Labute approximate surface area is 190 Å². The lowest BCUT2D eigenvalue weighted by molar-refractivity contribution is 0.0717. The minimum absolute atomic E-state index is 0.0201. The zero-order valence-electron chi connectivity index (χ0n) is 18.8. The number of hydrogen-bond donors (Lipinski definition) is 0. The highest BCUT2D eigenvalue weighted by atomic mass is 19.2. The molecule has 3 aromatic rings. The van der Waals surface area contributed by atoms with E-state index in [1.807, 2.05) is 18.4 Å². The van der Waals surface area contributed by atoms with Gasteiger partial charge in [-0.05, 0) is 49.4 Å². The SMILES string of the molecule is CC(C)CCN(Cc1nc2cc(F)ccc2n1C1CCCC1)C(=O)c1c(F)ccc(F)c1F. The van der Waals surface area contributed by atoms with Gasteiger partial charge in [-0.2, -0.15) is 0 Å². The van der Waals surface area contributed by atoms with Crippen LogP contribution in [-0.4, -0.2) is 26.9 Å². The van der Waals surface area contributed by atoms with Gasteiger partial charge in [0.05, 0.1) is 17.6 Å². The predicted octanol–water partition coefficient (Wildman–Crippen LogP) is 6.40. The minimum atomic E-state index is -1.50. The van der Waals surface area contributed by atoms with Gasteiger partial charge in [-0.3, -0.25) is 4.79 Å². The first-order valence-corrected chi connectivity index (χ1v) is 11.4. The van der Waals surface area contributed by atoms with E-state index in [1.165, 1.54) is 17.0 Å². The van der Waals surface area contributed by atoms with Crippen LogP contribution in [0.4, 0.5) is 17.6 Å². The van der Waals surface area contributed by atoms with E-state index in [0.29, 0.717) is 23.8 Å². The van der Waals surface area contributed by atoms with Crippen LogP contribution in [0.25, 0.3) is 11.0 Å². The van der Waals surface area contributed by atoms with Crippen molar-refractivity contribution >= 4 is 16.9 Å². The molecule has 176 valence electrons. The van der Waals surface area contributed by atoms with Crippen LogP contribution in [-0.2, 0) is 6.54 Å². The van der Waals surface area contributed by atoms with Gasteiger partial charge in [0.1, 0.15) is 23.0 Å². The van der Waals surface area contributed by atoms with Crippen LogP contribution < -0.4 is 0 Å². The predicted molar refractivity (Wildman–Crippen MR) is 118 cm³/mol. The second-order valence-corrected chi connectivity index (χ2v) is 9.10. The van der Waals surface area contributed by atoms with Gasteiger partial charge in [-0.1, -0.05) is 26.7 Å². The van der Waals surface area contributed by atoms with Crippen LogP contribution >= 0.6 is 0 Å². The third kappa shape index (κ3) is 4.75. The molecule has 1 heterocycles. The van der Waals surface area contributed by atoms with Crippen LogP contribution in [0.2, 0.25) is 0 Å². The summed E-state index contributed by atoms with van der Waals surface area (Å²) in [7, 11) is 0. The average molecular weight is 462 g/mol. The quantitative estimate of drug-likeness (QED) is 0.302. The highest BCUT2D eigenvalue weighted by Gasteiger charge is 2.29. The molecule has 0 radical (unpaired) electrons. The van der Waals surface area contributed by atoms with Gasteiger partial charge in [0.2, 0.25) is 0 Å². The lowest BCUT2D eigenvalue weighted by atomic mass is 10.1. The zero-order valence-corrected chi connectivity index (χ0v) is 18.8. The summed E-state index contributed by atoms with van der Waals surface area (Å²) in [4.78, 5) is 19.1. The molecule has 0 bridgehead atoms. The summed E-state index contributed by atoms with van der Waals surface area (Å²) in [5.74, 6) is -4.48. The lowest BCUT2D eigenvalue weighted by Crippen LogP contribution is -2.35. The molecular weight excluding hydrogens is 434 g/mol. The van der Waals surface area contributed by atoms with Gasteiger partial charge in [0.15, 0.2) is 11.6 Å². The van der Waals surface area contributed by atoms with E-state index in [-0.39, 0.29) is 25.0 Å². The molecule has 0 unspecified atom stereocenters. The number of fused-ring (bicyclic) bond motifs is 1. The van der Waals surface area contributed by atoms with Crippen LogP contribution in [0.15, 0.2) is 30.3 Å². The molecule has 1 amide bonds. The highest BCUT2D eigenvalue weighted by Crippen LogP contribution is 2.34. The smallest absolute Gasteiger partial charge is 0.260 e. The molecule has 0 aliphatic heterocycles. The Morgan fingerprint density at radius 1 is 1.09 bits per heavy atom. The fourth-order valence-electron chi connectivity index (χ4n) is 4.52. The van der Waals surface area contributed by atoms with E-state index in [4.69, 9.17) is 0 Å². The Bertz CT molecular complexity index is 1170. The lowest BCUT2D eigenvalue weighted by Gasteiger charge is -2.25. The van der Waals surface area contributed by atoms with Gasteiger partial charge in [-0.25, -0.2) is 22.5 Å². The summed E-state index contributed by atoms with van der Waals surface area (Å²) in [5, 5.41) is 0. The molecule has 4 nitrogen and oxygen atoms in total. The van der Waals surface area contributed by atoms with E-state index in [0.717, 1.165) is 37.3 Å². The number of carbonyl (C=O) groups excluding carboxylic acids is 1. The molecule has 33 heavy (non-hydrogen) atoms. The number of aromatic nitrogens is 2. The van der Waals surface area contributed by atoms with Crippen molar-refractivity contribution in [2.45, 2.75) is 58.5 Å². The number of amides is 1. The Kier molecular flexibility index (Phi) is 6.72. The zero-order chi connectivity index (χ0) is 23.7. The molecular formula is C25H27F4N3O. The molecule has 0 saturated heterocycles. The van der Waals surface area contributed by atoms with Crippen molar-refractivity contribution in [2.24, 2.45) is 5.92 Å². The summed E-state index contributed by atoms with van der Waals surface area (Å²) in [6.45, 7) is 4.15. The molecule has 1 saturated carbocycles. The summed E-state index contributed by atoms with van der Waals surface area (Å²) in [6.07, 6.45) is 4.57. The van der Waals surface area contributed by atoms with E-state index in [2.05, 4.69) is 4.98 Å². The summed E-state index contributed by atoms with van der Waals surface area (Å²) in [5.41, 5.74) is 0.322. The van der Waals surface area contributed by atoms with Crippen LogP contribution in [0, 0.1) is 29.2 Å². The van der Waals surface area contributed by atoms with Crippen LogP contribution in [0.3, 0.4) is 0 Å². The Hall–Kier alpha value is -2.90. The van der Waals surface area contributed by atoms with Gasteiger partial charge in [0.25, 0.3) is 5.91 Å². The van der Waals surface area contributed by atoms with Crippen LogP contribution in [0.1, 0.15) is 68.2 Å². The van der Waals surface area contributed by atoms with Gasteiger partial charge in [-0.15, -0.1) is 0 Å². The minimum Gasteiger partial charge on any atom is -0.331 e. The molecule has 0 spiro atoms. The van der Waals surface area contributed by atoms with E-state index < -0.39 is 34.7 Å². The van der Waals surface area contributed by atoms with Crippen molar-refractivity contribution in [1.29, 1.82) is 0 Å². The third-order valence-corrected chi connectivity index (χ3v) is 6.27. The first-order chi connectivity index (χ1) is 15.8. The number of rotatable bonds is 7. The molecule has 1 aliphatic rings. The highest BCUT2D eigenvalue weighted by molar-refractivity contribution is 5.94. The molecule has 8 heteroatoms. The largest absolute Gasteiger partial charge is 0.331 e. The molecule has 4 rings (SSSR count). The Morgan fingerprint density at radius 3 is 2.48 bits per heavy atom. The maximum atomic E-state index is 14.4. The number of carbonyl (C=O) groups is 1. The van der Waals surface area contributed by atoms with Crippen molar-refractivity contribution in [3.05, 3.63) is 65.0 Å². The molecule has 1 aliphatic carbocycles. The van der Waals surface area contributed by atoms with Crippen molar-refractivity contribution in [3.63, 3.8) is 0 Å². The maximum Gasteiger partial charge on any atom is 0.260 e.